The normalized spacial score (nSPS) is 22.9. The predicted octanol–water partition coefficient (Wildman–Crippen LogP) is 5.24. The Kier molecular flexibility index (Phi) is 8.58. The number of carbonyl (C=O) groups is 2. The highest BCUT2D eigenvalue weighted by molar-refractivity contribution is 5.89. The maximum Gasteiger partial charge on any atom is 0.319 e. The zero-order valence-corrected chi connectivity index (χ0v) is 23.5. The number of hydrogen-bond acceptors (Lipinski definition) is 6. The monoisotopic (exact) mass is 571 g/mol. The number of carbonyl (C=O) groups excluding carboxylic acids is 2. The first-order chi connectivity index (χ1) is 20.5. The number of ether oxygens (including phenoxy) is 3. The third-order valence-electron chi connectivity index (χ3n) is 8.25. The average Bonchev–Trinajstić information content (AvgIpc) is 3.64. The van der Waals surface area contributed by atoms with Crippen LogP contribution in [0.15, 0.2) is 72.8 Å². The molecule has 220 valence electrons. The fraction of sp³-hybridized carbons (Fsp3) is 0.394. The van der Waals surface area contributed by atoms with E-state index in [2.05, 4.69) is 16.0 Å². The first-order valence-electron chi connectivity index (χ1n) is 14.8. The fourth-order valence-corrected chi connectivity index (χ4v) is 6.17. The van der Waals surface area contributed by atoms with Crippen LogP contribution in [-0.2, 0) is 16.1 Å². The third-order valence-corrected chi connectivity index (χ3v) is 8.25. The van der Waals surface area contributed by atoms with Crippen molar-refractivity contribution in [2.45, 2.75) is 75.3 Å². The molecule has 0 unspecified atom stereocenters. The molecule has 0 radical (unpaired) electrons. The van der Waals surface area contributed by atoms with E-state index in [0.29, 0.717) is 18.7 Å². The molecule has 2 heterocycles. The SMILES string of the molecule is O=C(C[C@H]1C[C@H]2c3cc(NC(=O)NC4CCCC4)ccc3O[C@H]2[C@H](CO)O1)NCc1ccc(Oc2ccccc2)cc1. The molecule has 3 aliphatic rings. The van der Waals surface area contributed by atoms with Crippen LogP contribution in [-0.4, -0.2) is 48.0 Å². The van der Waals surface area contributed by atoms with Crippen molar-refractivity contribution in [2.75, 3.05) is 11.9 Å². The minimum absolute atomic E-state index is 0.0551. The van der Waals surface area contributed by atoms with Gasteiger partial charge in [-0.2, -0.15) is 0 Å². The van der Waals surface area contributed by atoms with E-state index in [4.69, 9.17) is 14.2 Å². The topological polar surface area (TPSA) is 118 Å². The number of aliphatic hydroxyl groups is 1. The summed E-state index contributed by atoms with van der Waals surface area (Å²) in [5.41, 5.74) is 2.61. The molecule has 4 atom stereocenters. The van der Waals surface area contributed by atoms with Crippen LogP contribution in [0.1, 0.15) is 55.6 Å². The highest BCUT2D eigenvalue weighted by atomic mass is 16.6. The molecule has 1 saturated heterocycles. The second kappa shape index (κ2) is 12.8. The molecular formula is C33H37N3O6. The van der Waals surface area contributed by atoms with Gasteiger partial charge in [-0.15, -0.1) is 0 Å². The van der Waals surface area contributed by atoms with Gasteiger partial charge in [0, 0.05) is 29.8 Å². The summed E-state index contributed by atoms with van der Waals surface area (Å²) in [7, 11) is 0. The van der Waals surface area contributed by atoms with Crippen molar-refractivity contribution in [2.24, 2.45) is 0 Å². The molecule has 42 heavy (non-hydrogen) atoms. The zero-order chi connectivity index (χ0) is 28.9. The van der Waals surface area contributed by atoms with Crippen molar-refractivity contribution in [3.05, 3.63) is 83.9 Å². The summed E-state index contributed by atoms with van der Waals surface area (Å²) in [6.45, 7) is 0.177. The summed E-state index contributed by atoms with van der Waals surface area (Å²) in [5.74, 6) is 2.03. The molecule has 1 aliphatic carbocycles. The van der Waals surface area contributed by atoms with Crippen LogP contribution in [0.5, 0.6) is 17.2 Å². The number of anilines is 1. The minimum Gasteiger partial charge on any atom is -0.487 e. The van der Waals surface area contributed by atoms with E-state index in [9.17, 15) is 14.7 Å². The summed E-state index contributed by atoms with van der Waals surface area (Å²) in [5, 5.41) is 19.0. The standard InChI is InChI=1S/C33H37N3O6/c37-20-30-32-28(27-16-23(12-15-29(27)42-32)36-33(39)35-22-6-4-5-7-22)17-26(41-30)18-31(38)34-19-21-10-13-25(14-11-21)40-24-8-2-1-3-9-24/h1-3,8-16,22,26,28,30,32,37H,4-7,17-20H2,(H,34,38)(H2,35,36,39)/t26-,28+,30+,32-/m1/s1. The molecule has 6 rings (SSSR count). The molecule has 0 spiro atoms. The van der Waals surface area contributed by atoms with Crippen molar-refractivity contribution in [1.82, 2.24) is 10.6 Å². The van der Waals surface area contributed by atoms with Crippen molar-refractivity contribution in [3.63, 3.8) is 0 Å². The Morgan fingerprint density at radius 3 is 2.48 bits per heavy atom. The van der Waals surface area contributed by atoms with Gasteiger partial charge < -0.3 is 35.3 Å². The molecule has 9 nitrogen and oxygen atoms in total. The van der Waals surface area contributed by atoms with Crippen LogP contribution >= 0.6 is 0 Å². The molecule has 9 heteroatoms. The molecule has 4 N–H and O–H groups in total. The molecule has 1 saturated carbocycles. The van der Waals surface area contributed by atoms with Crippen LogP contribution in [0.2, 0.25) is 0 Å². The fourth-order valence-electron chi connectivity index (χ4n) is 6.17. The van der Waals surface area contributed by atoms with E-state index in [1.165, 1.54) is 0 Å². The second-order valence-electron chi connectivity index (χ2n) is 11.3. The van der Waals surface area contributed by atoms with E-state index in [1.54, 1.807) is 0 Å². The molecule has 3 aromatic rings. The molecule has 0 aromatic heterocycles. The van der Waals surface area contributed by atoms with Crippen LogP contribution in [0.25, 0.3) is 0 Å². The Hall–Kier alpha value is -4.08. The quantitative estimate of drug-likeness (QED) is 0.279. The molecule has 2 fully saturated rings. The molecule has 2 aliphatic heterocycles. The molecule has 3 aromatic carbocycles. The van der Waals surface area contributed by atoms with E-state index in [-0.39, 0.29) is 49.1 Å². The van der Waals surface area contributed by atoms with Gasteiger partial charge >= 0.3 is 6.03 Å². The number of aliphatic hydroxyl groups excluding tert-OH is 1. The average molecular weight is 572 g/mol. The summed E-state index contributed by atoms with van der Waals surface area (Å²) in [6, 6.07) is 22.8. The Morgan fingerprint density at radius 1 is 0.952 bits per heavy atom. The summed E-state index contributed by atoms with van der Waals surface area (Å²) >= 11 is 0. The van der Waals surface area contributed by atoms with Gasteiger partial charge in [0.2, 0.25) is 5.91 Å². The summed E-state index contributed by atoms with van der Waals surface area (Å²) in [6.07, 6.45) is 3.81. The lowest BCUT2D eigenvalue weighted by Crippen LogP contribution is -2.47. The Bertz CT molecular complexity index is 1380. The summed E-state index contributed by atoms with van der Waals surface area (Å²) < 4.78 is 18.1. The molecule has 0 bridgehead atoms. The second-order valence-corrected chi connectivity index (χ2v) is 11.3. The number of nitrogens with one attached hydrogen (secondary N) is 3. The number of fused-ring (bicyclic) bond motifs is 3. The van der Waals surface area contributed by atoms with Crippen molar-refractivity contribution < 1.29 is 28.9 Å². The first-order valence-corrected chi connectivity index (χ1v) is 14.8. The maximum absolute atomic E-state index is 12.9. The zero-order valence-electron chi connectivity index (χ0n) is 23.5. The highest BCUT2D eigenvalue weighted by Crippen LogP contribution is 2.47. The van der Waals surface area contributed by atoms with Gasteiger partial charge in [-0.25, -0.2) is 4.79 Å². The number of urea groups is 1. The lowest BCUT2D eigenvalue weighted by atomic mass is 9.84. The van der Waals surface area contributed by atoms with Gasteiger partial charge in [0.1, 0.15) is 29.5 Å². The Morgan fingerprint density at radius 2 is 1.71 bits per heavy atom. The highest BCUT2D eigenvalue weighted by Gasteiger charge is 2.46. The molecular weight excluding hydrogens is 534 g/mol. The predicted molar refractivity (Wildman–Crippen MR) is 158 cm³/mol. The van der Waals surface area contributed by atoms with E-state index >= 15 is 0 Å². The van der Waals surface area contributed by atoms with E-state index < -0.39 is 6.10 Å². The summed E-state index contributed by atoms with van der Waals surface area (Å²) in [4.78, 5) is 25.4. The lowest BCUT2D eigenvalue weighted by molar-refractivity contribution is -0.142. The van der Waals surface area contributed by atoms with Crippen molar-refractivity contribution in [3.8, 4) is 17.2 Å². The van der Waals surface area contributed by atoms with Gasteiger partial charge in [0.05, 0.1) is 19.1 Å². The number of amides is 3. The third kappa shape index (κ3) is 6.69. The van der Waals surface area contributed by atoms with Gasteiger partial charge in [-0.05, 0) is 67.3 Å². The van der Waals surface area contributed by atoms with Gasteiger partial charge in [0.15, 0.2) is 0 Å². The van der Waals surface area contributed by atoms with Gasteiger partial charge in [-0.3, -0.25) is 4.79 Å². The first kappa shape index (κ1) is 28.1. The number of hydrogen-bond donors (Lipinski definition) is 4. The number of benzene rings is 3. The van der Waals surface area contributed by atoms with Crippen molar-refractivity contribution >= 4 is 17.6 Å². The maximum atomic E-state index is 12.9. The largest absolute Gasteiger partial charge is 0.487 e. The van der Waals surface area contributed by atoms with E-state index in [1.807, 2.05) is 72.8 Å². The van der Waals surface area contributed by atoms with Gasteiger partial charge in [-0.1, -0.05) is 43.2 Å². The Labute approximate surface area is 245 Å². The van der Waals surface area contributed by atoms with Gasteiger partial charge in [0.25, 0.3) is 0 Å². The molecule has 3 amide bonds. The smallest absolute Gasteiger partial charge is 0.319 e. The minimum atomic E-state index is -0.548. The van der Waals surface area contributed by atoms with E-state index in [0.717, 1.165) is 54.1 Å². The Balaban J connectivity index is 1.03. The number of para-hydroxylation sites is 1. The van der Waals surface area contributed by atoms with Crippen molar-refractivity contribution in [1.29, 1.82) is 0 Å². The van der Waals surface area contributed by atoms with Crippen LogP contribution in [0.3, 0.4) is 0 Å². The lowest BCUT2D eigenvalue weighted by Gasteiger charge is -2.37. The van der Waals surface area contributed by atoms with Crippen LogP contribution < -0.4 is 25.4 Å². The number of rotatable bonds is 9. The van der Waals surface area contributed by atoms with Crippen LogP contribution in [0, 0.1) is 0 Å². The van der Waals surface area contributed by atoms with Crippen LogP contribution in [0.4, 0.5) is 10.5 Å².